The van der Waals surface area contributed by atoms with E-state index in [9.17, 15) is 28.8 Å². The molecule has 1 aliphatic heterocycles. The highest BCUT2D eigenvalue weighted by Gasteiger charge is 2.19. The van der Waals surface area contributed by atoms with Gasteiger partial charge in [-0.2, -0.15) is 0 Å². The van der Waals surface area contributed by atoms with Gasteiger partial charge in [0.25, 0.3) is 0 Å². The highest BCUT2D eigenvalue weighted by Crippen LogP contribution is 2.22. The molecule has 4 amide bonds. The first-order chi connectivity index (χ1) is 20.7. The van der Waals surface area contributed by atoms with Crippen LogP contribution >= 0.6 is 11.8 Å². The molecule has 0 aliphatic carbocycles. The van der Waals surface area contributed by atoms with Gasteiger partial charge < -0.3 is 30.6 Å². The lowest BCUT2D eigenvalue weighted by Crippen LogP contribution is -2.44. The summed E-state index contributed by atoms with van der Waals surface area (Å²) in [6, 6.07) is 11.2. The molecule has 0 saturated carbocycles. The number of nitrogens with one attached hydrogen (secondary N) is 4. The average molecular weight is 614 g/mol. The van der Waals surface area contributed by atoms with Gasteiger partial charge in [-0.25, -0.2) is 0 Å². The van der Waals surface area contributed by atoms with Crippen LogP contribution < -0.4 is 26.0 Å². The summed E-state index contributed by atoms with van der Waals surface area (Å²) >= 11 is 0.833. The number of aryl methyl sites for hydroxylation is 1. The normalized spacial score (nSPS) is 11.7. The quantitative estimate of drug-likeness (QED) is 0.145. The minimum Gasteiger partial charge on any atom is -0.494 e. The third-order valence-electron chi connectivity index (χ3n) is 6.64. The minimum atomic E-state index is -0.563. The first kappa shape index (κ1) is 33.4. The van der Waals surface area contributed by atoms with E-state index < -0.39 is 17.7 Å². The Hall–Kier alpha value is -4.13. The van der Waals surface area contributed by atoms with Crippen LogP contribution in [0.3, 0.4) is 0 Å². The maximum atomic E-state index is 12.9. The Morgan fingerprint density at radius 1 is 0.767 bits per heavy atom. The van der Waals surface area contributed by atoms with Gasteiger partial charge in [0.05, 0.1) is 37.7 Å². The van der Waals surface area contributed by atoms with E-state index in [1.807, 2.05) is 24.3 Å². The van der Waals surface area contributed by atoms with Crippen molar-refractivity contribution < 1.29 is 33.5 Å². The van der Waals surface area contributed by atoms with Crippen LogP contribution in [0.15, 0.2) is 36.4 Å². The van der Waals surface area contributed by atoms with Crippen LogP contribution in [0.5, 0.6) is 5.75 Å². The molecule has 0 unspecified atom stereocenters. The minimum absolute atomic E-state index is 0.0279. The second kappa shape index (κ2) is 17.7. The molecule has 0 spiro atoms. The van der Waals surface area contributed by atoms with Crippen molar-refractivity contribution in [3.8, 4) is 5.75 Å². The van der Waals surface area contributed by atoms with Crippen molar-refractivity contribution >= 4 is 46.3 Å². The summed E-state index contributed by atoms with van der Waals surface area (Å²) in [5.74, 6) is -1.22. The van der Waals surface area contributed by atoms with Gasteiger partial charge in [0.1, 0.15) is 5.75 Å². The number of ketones is 1. The van der Waals surface area contributed by atoms with Gasteiger partial charge in [-0.3, -0.25) is 28.8 Å². The lowest BCUT2D eigenvalue weighted by molar-refractivity contribution is -0.128. The van der Waals surface area contributed by atoms with Crippen LogP contribution in [-0.2, 0) is 36.9 Å². The molecule has 3 rings (SSSR count). The molecule has 43 heavy (non-hydrogen) atoms. The molecule has 0 bridgehead atoms. The summed E-state index contributed by atoms with van der Waals surface area (Å²) in [7, 11) is 0. The highest BCUT2D eigenvalue weighted by molar-refractivity contribution is 8.14. The zero-order valence-electron chi connectivity index (χ0n) is 24.4. The Morgan fingerprint density at radius 3 is 2.07 bits per heavy atom. The molecule has 2 heterocycles. The summed E-state index contributed by atoms with van der Waals surface area (Å²) in [6.45, 7) is 2.42. The van der Waals surface area contributed by atoms with E-state index in [-0.39, 0.29) is 42.2 Å². The lowest BCUT2D eigenvalue weighted by Gasteiger charge is -2.09. The number of amides is 4. The van der Waals surface area contributed by atoms with E-state index >= 15 is 0 Å². The fraction of sp³-hybridized carbons (Fsp3) is 0.467. The molecule has 0 atom stereocenters. The largest absolute Gasteiger partial charge is 0.494 e. The predicted molar refractivity (Wildman–Crippen MR) is 162 cm³/mol. The Balaban J connectivity index is 1.16. The predicted octanol–water partition coefficient (Wildman–Crippen LogP) is 1.35. The monoisotopic (exact) mass is 613 g/mol. The van der Waals surface area contributed by atoms with Crippen molar-refractivity contribution in [3.63, 3.8) is 0 Å². The Bertz CT molecular complexity index is 1290. The number of aromatic nitrogens is 1. The van der Waals surface area contributed by atoms with Gasteiger partial charge >= 0.3 is 0 Å². The van der Waals surface area contributed by atoms with E-state index in [1.54, 1.807) is 12.1 Å². The number of rotatable bonds is 18. The molecule has 0 saturated heterocycles. The van der Waals surface area contributed by atoms with Crippen molar-refractivity contribution in [2.45, 2.75) is 52.0 Å². The van der Waals surface area contributed by atoms with Gasteiger partial charge in [-0.05, 0) is 62.1 Å². The Kier molecular flexibility index (Phi) is 13.8. The van der Waals surface area contributed by atoms with E-state index in [0.29, 0.717) is 18.7 Å². The molecule has 1 aliphatic rings. The van der Waals surface area contributed by atoms with Crippen LogP contribution in [0.1, 0.15) is 60.8 Å². The molecular weight excluding hydrogens is 574 g/mol. The number of carbonyl (C=O) groups is 6. The fourth-order valence-electron chi connectivity index (χ4n) is 4.40. The van der Waals surface area contributed by atoms with Gasteiger partial charge in [0.15, 0.2) is 5.12 Å². The van der Waals surface area contributed by atoms with Crippen LogP contribution in [0.4, 0.5) is 0 Å². The molecule has 12 nitrogen and oxygen atoms in total. The van der Waals surface area contributed by atoms with Crippen LogP contribution in [-0.4, -0.2) is 77.6 Å². The molecular formula is C30H39N5O7S. The summed E-state index contributed by atoms with van der Waals surface area (Å²) in [4.78, 5) is 70.6. The summed E-state index contributed by atoms with van der Waals surface area (Å²) in [6.07, 6.45) is 5.58. The average Bonchev–Trinajstić information content (AvgIpc) is 3.62. The smallest absolute Gasteiger partial charge is 0.239 e. The molecule has 1 aromatic heterocycles. The van der Waals surface area contributed by atoms with Gasteiger partial charge in [-0.1, -0.05) is 24.6 Å². The molecule has 13 heteroatoms. The van der Waals surface area contributed by atoms with Crippen molar-refractivity contribution in [1.82, 2.24) is 25.8 Å². The second-order valence-corrected chi connectivity index (χ2v) is 11.2. The van der Waals surface area contributed by atoms with Gasteiger partial charge in [0.2, 0.25) is 29.4 Å². The molecule has 1 aromatic carbocycles. The lowest BCUT2D eigenvalue weighted by atomic mass is 10.1. The summed E-state index contributed by atoms with van der Waals surface area (Å²) in [5.41, 5.74) is 2.61. The number of hydrogen-bond acceptors (Lipinski definition) is 8. The Morgan fingerprint density at radius 2 is 1.40 bits per heavy atom. The molecule has 4 N–H and O–H groups in total. The maximum absolute atomic E-state index is 12.9. The first-order valence-electron chi connectivity index (χ1n) is 14.4. The summed E-state index contributed by atoms with van der Waals surface area (Å²) < 4.78 is 7.90. The van der Waals surface area contributed by atoms with Crippen LogP contribution in [0, 0.1) is 0 Å². The van der Waals surface area contributed by atoms with E-state index in [0.717, 1.165) is 68.3 Å². The number of fused-ring (bicyclic) bond motifs is 1. The van der Waals surface area contributed by atoms with Crippen molar-refractivity contribution in [3.05, 3.63) is 53.3 Å². The maximum Gasteiger partial charge on any atom is 0.239 e. The third-order valence-corrected chi connectivity index (χ3v) is 7.45. The van der Waals surface area contributed by atoms with Crippen molar-refractivity contribution in [2.24, 2.45) is 0 Å². The zero-order valence-corrected chi connectivity index (χ0v) is 25.2. The highest BCUT2D eigenvalue weighted by atomic mass is 32.2. The number of unbranched alkanes of at least 4 members (excludes halogenated alkanes) is 3. The van der Waals surface area contributed by atoms with Crippen LogP contribution in [0.2, 0.25) is 0 Å². The fourth-order valence-corrected chi connectivity index (χ4v) is 4.84. The van der Waals surface area contributed by atoms with Crippen molar-refractivity contribution in [2.75, 3.05) is 38.5 Å². The number of ether oxygens (including phenoxy) is 1. The summed E-state index contributed by atoms with van der Waals surface area (Å²) in [5, 5.41) is 9.63. The molecule has 0 radical (unpaired) electrons. The van der Waals surface area contributed by atoms with Crippen molar-refractivity contribution in [1.29, 1.82) is 0 Å². The zero-order chi connectivity index (χ0) is 31.0. The number of thioether (sulfide) groups is 1. The van der Waals surface area contributed by atoms with E-state index in [2.05, 4.69) is 25.8 Å². The third kappa shape index (κ3) is 11.9. The molecule has 2 aromatic rings. The van der Waals surface area contributed by atoms with Gasteiger partial charge in [0, 0.05) is 31.3 Å². The number of nitrogens with zero attached hydrogens (tertiary/aromatic N) is 1. The molecule has 0 fully saturated rings. The van der Waals surface area contributed by atoms with Gasteiger partial charge in [-0.15, -0.1) is 0 Å². The van der Waals surface area contributed by atoms with E-state index in [1.165, 1.54) is 12.6 Å². The topological polar surface area (TPSA) is 165 Å². The van der Waals surface area contributed by atoms with E-state index in [4.69, 9.17) is 4.74 Å². The first-order valence-corrected chi connectivity index (χ1v) is 15.4. The number of carbonyl (C=O) groups excluding carboxylic acids is 6. The number of hydrogen-bond donors (Lipinski definition) is 4. The van der Waals surface area contributed by atoms with Crippen LogP contribution in [0.25, 0.3) is 0 Å². The molecule has 232 valence electrons. The SMILES string of the molecule is CC(=O)SCC(=O)NCC(=O)NCC(=O)NCC(=O)NCCCCCCOc1ccc(C(=O)c2ccc3n2CCC3)cc1. The standard InChI is InChI=1S/C30H39N5O7S/c1-21(36)43-20-29(40)34-19-28(39)33-18-27(38)32-17-26(37)31-14-4-2-3-5-16-42-24-11-8-22(9-12-24)30(41)25-13-10-23-7-6-15-35(23)25/h8-13H,2-7,14-20H2,1H3,(H,31,37)(H,32,38)(H,33,39)(H,34,40). The second-order valence-electron chi connectivity index (χ2n) is 10.0. The Labute approximate surface area is 255 Å². The number of benzene rings is 1.